The number of carbonyl (C=O) groups excluding carboxylic acids is 1. The second-order valence-corrected chi connectivity index (χ2v) is 3.76. The molecule has 1 aromatic rings. The van der Waals surface area contributed by atoms with Gasteiger partial charge in [-0.25, -0.2) is 0 Å². The minimum absolute atomic E-state index is 0.317. The van der Waals surface area contributed by atoms with Crippen LogP contribution >= 0.6 is 11.6 Å². The number of methoxy groups -OCH3 is 1. The fourth-order valence-electron chi connectivity index (χ4n) is 1.64. The topological polar surface area (TPSA) is 35.5 Å². The summed E-state index contributed by atoms with van der Waals surface area (Å²) in [5.41, 5.74) is 0.834. The lowest BCUT2D eigenvalue weighted by atomic mass is 10.0. The Bertz CT molecular complexity index is 341. The van der Waals surface area contributed by atoms with Gasteiger partial charge < -0.3 is 9.47 Å². The molecule has 88 valence electrons. The fraction of sp³-hybridized carbons (Fsp3) is 0.417. The molecule has 0 fully saturated rings. The molecule has 0 bridgehead atoms. The van der Waals surface area contributed by atoms with Gasteiger partial charge in [0, 0.05) is 17.7 Å². The molecule has 1 aromatic carbocycles. The lowest BCUT2D eigenvalue weighted by Gasteiger charge is -2.24. The lowest BCUT2D eigenvalue weighted by molar-refractivity contribution is -0.141. The second kappa shape index (κ2) is 6.51. The summed E-state index contributed by atoms with van der Waals surface area (Å²) in [5.74, 6) is 0. The van der Waals surface area contributed by atoms with Crippen molar-refractivity contribution in [1.29, 1.82) is 0 Å². The van der Waals surface area contributed by atoms with Gasteiger partial charge in [0.05, 0.1) is 0 Å². The van der Waals surface area contributed by atoms with Gasteiger partial charge in [0.25, 0.3) is 6.47 Å². The van der Waals surface area contributed by atoms with Crippen molar-refractivity contribution in [3.8, 4) is 0 Å². The number of hydrogen-bond acceptors (Lipinski definition) is 3. The predicted molar refractivity (Wildman–Crippen MR) is 62.4 cm³/mol. The average molecular weight is 243 g/mol. The molecule has 0 aliphatic rings. The first-order valence-corrected chi connectivity index (χ1v) is 5.48. The van der Waals surface area contributed by atoms with Gasteiger partial charge >= 0.3 is 0 Å². The van der Waals surface area contributed by atoms with Crippen LogP contribution in [0.1, 0.15) is 25.0 Å². The first-order chi connectivity index (χ1) is 7.74. The number of carbonyl (C=O) groups is 1. The highest BCUT2D eigenvalue weighted by Crippen LogP contribution is 2.30. The fourth-order valence-corrected chi connectivity index (χ4v) is 1.88. The Kier molecular flexibility index (Phi) is 5.29. The lowest BCUT2D eigenvalue weighted by Crippen LogP contribution is -2.23. The molecule has 16 heavy (non-hydrogen) atoms. The summed E-state index contributed by atoms with van der Waals surface area (Å²) in [6.45, 7) is 2.37. The molecule has 0 saturated carbocycles. The zero-order valence-corrected chi connectivity index (χ0v) is 10.1. The van der Waals surface area contributed by atoms with E-state index in [4.69, 9.17) is 21.1 Å². The third-order valence-corrected chi connectivity index (χ3v) is 2.78. The first-order valence-electron chi connectivity index (χ1n) is 5.10. The molecule has 0 aromatic heterocycles. The van der Waals surface area contributed by atoms with Gasteiger partial charge in [-0.15, -0.1) is 0 Å². The normalized spacial score (nSPS) is 14.2. The molecule has 2 unspecified atom stereocenters. The van der Waals surface area contributed by atoms with Crippen LogP contribution in [0.25, 0.3) is 0 Å². The number of benzene rings is 1. The van der Waals surface area contributed by atoms with Gasteiger partial charge in [0.2, 0.25) is 0 Å². The predicted octanol–water partition coefficient (Wildman–Crippen LogP) is 2.98. The Balaban J connectivity index is 2.96. The highest BCUT2D eigenvalue weighted by molar-refractivity contribution is 6.31. The first kappa shape index (κ1) is 13.0. The Morgan fingerprint density at radius 3 is 2.62 bits per heavy atom. The summed E-state index contributed by atoms with van der Waals surface area (Å²) in [5, 5.41) is 0.613. The quantitative estimate of drug-likeness (QED) is 0.720. The molecular weight excluding hydrogens is 228 g/mol. The summed E-state index contributed by atoms with van der Waals surface area (Å²) in [6, 6.07) is 7.38. The van der Waals surface area contributed by atoms with Crippen LogP contribution in [0.4, 0.5) is 0 Å². The van der Waals surface area contributed by atoms with E-state index in [1.807, 2.05) is 25.1 Å². The molecule has 2 atom stereocenters. The van der Waals surface area contributed by atoms with Crippen molar-refractivity contribution in [2.75, 3.05) is 7.11 Å². The highest BCUT2D eigenvalue weighted by Gasteiger charge is 2.24. The van der Waals surface area contributed by atoms with Crippen LogP contribution in [-0.4, -0.2) is 19.7 Å². The van der Waals surface area contributed by atoms with Gasteiger partial charge in [-0.1, -0.05) is 36.7 Å². The van der Waals surface area contributed by atoms with Crippen molar-refractivity contribution < 1.29 is 14.3 Å². The number of ether oxygens (including phenoxy) is 2. The Labute approximate surface area is 100 Å². The molecule has 0 saturated heterocycles. The molecule has 0 spiro atoms. The van der Waals surface area contributed by atoms with E-state index < -0.39 is 0 Å². The van der Waals surface area contributed by atoms with Crippen LogP contribution in [-0.2, 0) is 14.3 Å². The molecule has 4 heteroatoms. The van der Waals surface area contributed by atoms with Gasteiger partial charge in [0.15, 0.2) is 0 Å². The van der Waals surface area contributed by atoms with Gasteiger partial charge in [-0.3, -0.25) is 4.79 Å². The molecule has 0 heterocycles. The van der Waals surface area contributed by atoms with E-state index in [2.05, 4.69) is 0 Å². The van der Waals surface area contributed by atoms with Crippen LogP contribution < -0.4 is 0 Å². The number of halogens is 1. The van der Waals surface area contributed by atoms with Crippen molar-refractivity contribution in [3.05, 3.63) is 34.9 Å². The number of hydrogen-bond donors (Lipinski definition) is 0. The van der Waals surface area contributed by atoms with E-state index in [0.29, 0.717) is 17.9 Å². The Morgan fingerprint density at radius 2 is 2.12 bits per heavy atom. The monoisotopic (exact) mass is 242 g/mol. The van der Waals surface area contributed by atoms with Gasteiger partial charge in [-0.05, 0) is 12.5 Å². The standard InChI is InChI=1S/C12H15ClO3/c1-3-11(16-8-14)12(15-2)9-6-4-5-7-10(9)13/h4-8,11-12H,3H2,1-2H3. The van der Waals surface area contributed by atoms with E-state index in [-0.39, 0.29) is 12.2 Å². The van der Waals surface area contributed by atoms with Crippen molar-refractivity contribution in [2.24, 2.45) is 0 Å². The maximum atomic E-state index is 10.4. The summed E-state index contributed by atoms with van der Waals surface area (Å²) < 4.78 is 10.3. The van der Waals surface area contributed by atoms with Gasteiger partial charge in [0.1, 0.15) is 12.2 Å². The molecule has 0 amide bonds. The van der Waals surface area contributed by atoms with E-state index in [9.17, 15) is 4.79 Å². The van der Waals surface area contributed by atoms with E-state index in [0.717, 1.165) is 5.56 Å². The molecule has 3 nitrogen and oxygen atoms in total. The minimum atomic E-state index is -0.330. The summed E-state index contributed by atoms with van der Waals surface area (Å²) in [7, 11) is 1.57. The molecule has 0 radical (unpaired) electrons. The second-order valence-electron chi connectivity index (χ2n) is 3.36. The maximum absolute atomic E-state index is 10.4. The minimum Gasteiger partial charge on any atom is -0.461 e. The maximum Gasteiger partial charge on any atom is 0.293 e. The smallest absolute Gasteiger partial charge is 0.293 e. The summed E-state index contributed by atoms with van der Waals surface area (Å²) >= 11 is 6.08. The average Bonchev–Trinajstić information content (AvgIpc) is 2.31. The van der Waals surface area contributed by atoms with Crippen LogP contribution in [0.3, 0.4) is 0 Å². The van der Waals surface area contributed by atoms with Crippen LogP contribution in [0.2, 0.25) is 5.02 Å². The van der Waals surface area contributed by atoms with Crippen LogP contribution in [0.5, 0.6) is 0 Å². The van der Waals surface area contributed by atoms with Crippen molar-refractivity contribution in [1.82, 2.24) is 0 Å². The van der Waals surface area contributed by atoms with E-state index in [1.165, 1.54) is 0 Å². The third-order valence-electron chi connectivity index (χ3n) is 2.44. The molecular formula is C12H15ClO3. The van der Waals surface area contributed by atoms with Crippen molar-refractivity contribution in [3.63, 3.8) is 0 Å². The van der Waals surface area contributed by atoms with Crippen LogP contribution in [0, 0.1) is 0 Å². The van der Waals surface area contributed by atoms with Gasteiger partial charge in [-0.2, -0.15) is 0 Å². The molecule has 1 rings (SSSR count). The Morgan fingerprint density at radius 1 is 1.44 bits per heavy atom. The largest absolute Gasteiger partial charge is 0.461 e. The summed E-state index contributed by atoms with van der Waals surface area (Å²) in [6.07, 6.45) is 0.0222. The van der Waals surface area contributed by atoms with Crippen molar-refractivity contribution >= 4 is 18.1 Å². The third kappa shape index (κ3) is 2.97. The Hall–Kier alpha value is -1.06. The number of rotatable bonds is 6. The zero-order chi connectivity index (χ0) is 12.0. The van der Waals surface area contributed by atoms with E-state index in [1.54, 1.807) is 13.2 Å². The molecule has 0 N–H and O–H groups in total. The van der Waals surface area contributed by atoms with Crippen molar-refractivity contribution in [2.45, 2.75) is 25.6 Å². The zero-order valence-electron chi connectivity index (χ0n) is 9.35. The van der Waals surface area contributed by atoms with E-state index >= 15 is 0 Å². The van der Waals surface area contributed by atoms with Crippen LogP contribution in [0.15, 0.2) is 24.3 Å². The molecule has 0 aliphatic heterocycles. The summed E-state index contributed by atoms with van der Waals surface area (Å²) in [4.78, 5) is 10.4. The molecule has 0 aliphatic carbocycles. The SMILES string of the molecule is CCC(OC=O)C(OC)c1ccccc1Cl. The highest BCUT2D eigenvalue weighted by atomic mass is 35.5.